The normalized spacial score (nSPS) is 17.6. The predicted molar refractivity (Wildman–Crippen MR) is 73.8 cm³/mol. The van der Waals surface area contributed by atoms with Gasteiger partial charge in [0, 0.05) is 5.41 Å². The number of benzene rings is 1. The van der Waals surface area contributed by atoms with E-state index in [0.717, 1.165) is 30.8 Å². The summed E-state index contributed by atoms with van der Waals surface area (Å²) < 4.78 is 18.7. The van der Waals surface area contributed by atoms with Gasteiger partial charge in [-0.3, -0.25) is 5.84 Å². The van der Waals surface area contributed by atoms with Crippen LogP contribution in [-0.4, -0.2) is 12.6 Å². The van der Waals surface area contributed by atoms with Gasteiger partial charge in [0.15, 0.2) is 0 Å². The molecule has 19 heavy (non-hydrogen) atoms. The minimum absolute atomic E-state index is 0.127. The molecule has 1 aromatic carbocycles. The maximum Gasteiger partial charge on any atom is 0.123 e. The van der Waals surface area contributed by atoms with Gasteiger partial charge in [-0.1, -0.05) is 26.0 Å². The summed E-state index contributed by atoms with van der Waals surface area (Å²) in [5, 5.41) is 0. The Kier molecular flexibility index (Phi) is 4.22. The van der Waals surface area contributed by atoms with Crippen LogP contribution < -0.4 is 11.3 Å². The summed E-state index contributed by atoms with van der Waals surface area (Å²) >= 11 is 0. The number of hydrogen-bond acceptors (Lipinski definition) is 3. The summed E-state index contributed by atoms with van der Waals surface area (Å²) in [5.41, 5.74) is 3.57. The predicted octanol–water partition coefficient (Wildman–Crippen LogP) is 2.63. The van der Waals surface area contributed by atoms with Gasteiger partial charge in [0.25, 0.3) is 0 Å². The van der Waals surface area contributed by atoms with Crippen molar-refractivity contribution in [3.63, 3.8) is 0 Å². The highest BCUT2D eigenvalue weighted by atomic mass is 19.1. The first-order valence-electron chi connectivity index (χ1n) is 6.60. The van der Waals surface area contributed by atoms with E-state index in [9.17, 15) is 4.39 Å². The standard InChI is InChI=1S/C15H21FN2O/c1-15(2,11-6-8-12(16)9-7-11)14(18-17)13-5-3-4-10-19-13/h5-9,14,18H,3-4,10,17H2,1-2H3. The number of nitrogens with one attached hydrogen (secondary N) is 1. The Morgan fingerprint density at radius 1 is 1.32 bits per heavy atom. The van der Waals surface area contributed by atoms with E-state index in [4.69, 9.17) is 10.6 Å². The minimum Gasteiger partial charge on any atom is -0.497 e. The Morgan fingerprint density at radius 3 is 2.53 bits per heavy atom. The van der Waals surface area contributed by atoms with E-state index in [0.29, 0.717) is 0 Å². The first-order chi connectivity index (χ1) is 9.05. The van der Waals surface area contributed by atoms with E-state index in [-0.39, 0.29) is 17.3 Å². The van der Waals surface area contributed by atoms with Gasteiger partial charge in [-0.25, -0.2) is 9.82 Å². The monoisotopic (exact) mass is 264 g/mol. The molecule has 3 N–H and O–H groups in total. The molecule has 1 heterocycles. The molecule has 0 aliphatic carbocycles. The summed E-state index contributed by atoms with van der Waals surface area (Å²) in [6.45, 7) is 4.87. The van der Waals surface area contributed by atoms with Crippen LogP contribution in [0.2, 0.25) is 0 Å². The zero-order valence-electron chi connectivity index (χ0n) is 11.4. The van der Waals surface area contributed by atoms with Crippen LogP contribution in [-0.2, 0) is 10.2 Å². The number of hydrogen-bond donors (Lipinski definition) is 2. The molecule has 0 saturated carbocycles. The second-order valence-corrected chi connectivity index (χ2v) is 5.43. The fourth-order valence-corrected chi connectivity index (χ4v) is 2.47. The molecule has 0 bridgehead atoms. The third-order valence-electron chi connectivity index (χ3n) is 3.72. The first kappa shape index (κ1) is 14.0. The first-order valence-corrected chi connectivity index (χ1v) is 6.60. The molecule has 4 heteroatoms. The number of nitrogens with two attached hydrogens (primary N) is 1. The molecule has 0 fully saturated rings. The smallest absolute Gasteiger partial charge is 0.123 e. The SMILES string of the molecule is CC(C)(c1ccc(F)cc1)C(NN)C1=CCCCO1. The summed E-state index contributed by atoms with van der Waals surface area (Å²) in [6, 6.07) is 6.41. The lowest BCUT2D eigenvalue weighted by molar-refractivity contribution is 0.147. The van der Waals surface area contributed by atoms with Crippen LogP contribution in [0.3, 0.4) is 0 Å². The van der Waals surface area contributed by atoms with Gasteiger partial charge in [0.05, 0.1) is 12.6 Å². The van der Waals surface area contributed by atoms with Crippen LogP contribution in [0.1, 0.15) is 32.3 Å². The quantitative estimate of drug-likeness (QED) is 0.649. The van der Waals surface area contributed by atoms with Crippen molar-refractivity contribution in [3.05, 3.63) is 47.5 Å². The molecule has 1 aromatic rings. The van der Waals surface area contributed by atoms with Crippen LogP contribution in [0.25, 0.3) is 0 Å². The lowest BCUT2D eigenvalue weighted by Gasteiger charge is -2.36. The fraction of sp³-hybridized carbons (Fsp3) is 0.467. The van der Waals surface area contributed by atoms with Crippen LogP contribution >= 0.6 is 0 Å². The molecule has 0 aromatic heterocycles. The molecule has 3 nitrogen and oxygen atoms in total. The summed E-state index contributed by atoms with van der Waals surface area (Å²) in [6.07, 6.45) is 4.13. The van der Waals surface area contributed by atoms with Crippen molar-refractivity contribution in [2.45, 2.75) is 38.1 Å². The second-order valence-electron chi connectivity index (χ2n) is 5.43. The van der Waals surface area contributed by atoms with Gasteiger partial charge >= 0.3 is 0 Å². The molecule has 1 aliphatic rings. The van der Waals surface area contributed by atoms with Crippen LogP contribution in [0, 0.1) is 5.82 Å². The average molecular weight is 264 g/mol. The topological polar surface area (TPSA) is 47.3 Å². The Balaban J connectivity index is 2.29. The Labute approximate surface area is 113 Å². The molecule has 0 amide bonds. The Bertz CT molecular complexity index is 454. The maximum atomic E-state index is 13.0. The summed E-state index contributed by atoms with van der Waals surface area (Å²) in [4.78, 5) is 0. The fourth-order valence-electron chi connectivity index (χ4n) is 2.47. The van der Waals surface area contributed by atoms with Gasteiger partial charge in [-0.15, -0.1) is 0 Å². The van der Waals surface area contributed by atoms with Gasteiger partial charge in [-0.2, -0.15) is 0 Å². The third-order valence-corrected chi connectivity index (χ3v) is 3.72. The van der Waals surface area contributed by atoms with Crippen molar-refractivity contribution < 1.29 is 9.13 Å². The van der Waals surface area contributed by atoms with Crippen molar-refractivity contribution in [1.82, 2.24) is 5.43 Å². The van der Waals surface area contributed by atoms with Crippen LogP contribution in [0.15, 0.2) is 36.1 Å². The number of hydrazine groups is 1. The zero-order valence-corrected chi connectivity index (χ0v) is 11.4. The summed E-state index contributed by atoms with van der Waals surface area (Å²) in [5.74, 6) is 6.36. The van der Waals surface area contributed by atoms with E-state index >= 15 is 0 Å². The van der Waals surface area contributed by atoms with E-state index in [2.05, 4.69) is 25.3 Å². The average Bonchev–Trinajstić information content (AvgIpc) is 2.41. The minimum atomic E-state index is -0.286. The van der Waals surface area contributed by atoms with Crippen molar-refractivity contribution in [1.29, 1.82) is 0 Å². The molecule has 104 valence electrons. The van der Waals surface area contributed by atoms with Gasteiger partial charge < -0.3 is 4.74 Å². The van der Waals surface area contributed by atoms with Gasteiger partial charge in [0.2, 0.25) is 0 Å². The lowest BCUT2D eigenvalue weighted by Crippen LogP contribution is -2.50. The molecule has 2 rings (SSSR count). The highest BCUT2D eigenvalue weighted by Crippen LogP contribution is 2.32. The van der Waals surface area contributed by atoms with E-state index in [1.165, 1.54) is 12.1 Å². The van der Waals surface area contributed by atoms with Gasteiger partial charge in [-0.05, 0) is 36.6 Å². The maximum absolute atomic E-state index is 13.0. The van der Waals surface area contributed by atoms with Crippen LogP contribution in [0.4, 0.5) is 4.39 Å². The summed E-state index contributed by atoms with van der Waals surface area (Å²) in [7, 11) is 0. The zero-order chi connectivity index (χ0) is 13.9. The van der Waals surface area contributed by atoms with Crippen LogP contribution in [0.5, 0.6) is 0 Å². The second kappa shape index (κ2) is 5.72. The van der Waals surface area contributed by atoms with Gasteiger partial charge in [0.1, 0.15) is 11.6 Å². The highest BCUT2D eigenvalue weighted by Gasteiger charge is 2.35. The molecule has 0 radical (unpaired) electrons. The van der Waals surface area contributed by atoms with Crippen molar-refractivity contribution in [2.75, 3.05) is 6.61 Å². The molecule has 0 saturated heterocycles. The largest absolute Gasteiger partial charge is 0.497 e. The van der Waals surface area contributed by atoms with Crippen molar-refractivity contribution >= 4 is 0 Å². The molecular weight excluding hydrogens is 243 g/mol. The van der Waals surface area contributed by atoms with E-state index < -0.39 is 0 Å². The highest BCUT2D eigenvalue weighted by molar-refractivity contribution is 5.30. The number of ether oxygens (including phenoxy) is 1. The van der Waals surface area contributed by atoms with Crippen molar-refractivity contribution in [3.8, 4) is 0 Å². The molecule has 1 unspecified atom stereocenters. The Morgan fingerprint density at radius 2 is 2.00 bits per heavy atom. The van der Waals surface area contributed by atoms with E-state index in [1.807, 2.05) is 0 Å². The molecular formula is C15H21FN2O. The molecule has 1 aliphatic heterocycles. The third kappa shape index (κ3) is 2.96. The number of halogens is 1. The number of rotatable bonds is 4. The van der Waals surface area contributed by atoms with Crippen molar-refractivity contribution in [2.24, 2.45) is 5.84 Å². The Hall–Kier alpha value is -1.39. The lowest BCUT2D eigenvalue weighted by atomic mass is 9.76. The molecule has 0 spiro atoms. The van der Waals surface area contributed by atoms with E-state index in [1.54, 1.807) is 12.1 Å². The number of allylic oxidation sites excluding steroid dienone is 1. The molecule has 1 atom stereocenters.